The van der Waals surface area contributed by atoms with E-state index in [9.17, 15) is 4.79 Å². The van der Waals surface area contributed by atoms with E-state index in [-0.39, 0.29) is 29.9 Å². The molecule has 28 heavy (non-hydrogen) atoms. The average molecular weight is 504 g/mol. The van der Waals surface area contributed by atoms with Gasteiger partial charge in [0, 0.05) is 31.5 Å². The second-order valence-electron chi connectivity index (χ2n) is 6.47. The zero-order chi connectivity index (χ0) is 19.9. The summed E-state index contributed by atoms with van der Waals surface area (Å²) in [7, 11) is 0. The highest BCUT2D eigenvalue weighted by atomic mass is 127. The fourth-order valence-electron chi connectivity index (χ4n) is 2.72. The maximum absolute atomic E-state index is 12.0. The molecule has 0 fully saturated rings. The summed E-state index contributed by atoms with van der Waals surface area (Å²) in [5, 5.41) is 9.57. The lowest BCUT2D eigenvalue weighted by Crippen LogP contribution is -2.43. The third kappa shape index (κ3) is 11.4. The van der Waals surface area contributed by atoms with Crippen LogP contribution in [0.15, 0.2) is 29.5 Å². The highest BCUT2D eigenvalue weighted by Crippen LogP contribution is 2.00. The van der Waals surface area contributed by atoms with Crippen molar-refractivity contribution in [3.8, 4) is 0 Å². The predicted octanol–water partition coefficient (Wildman–Crippen LogP) is 2.50. The normalized spacial score (nSPS) is 12.2. The van der Waals surface area contributed by atoms with Crippen molar-refractivity contribution in [1.29, 1.82) is 0 Å². The van der Waals surface area contributed by atoms with Crippen LogP contribution >= 0.6 is 24.0 Å². The molecule has 0 spiro atoms. The van der Waals surface area contributed by atoms with Crippen LogP contribution in [0, 0.1) is 0 Å². The standard InChI is InChI=1S/C20H36N6O.HI/c1-5-22-20(25-17(4)10-9-15-26(6-2)7-3)24-14-13-23-19(27)18-11-8-12-21-16-18;/h8,11-12,16-17H,5-7,9-10,13-15H2,1-4H3,(H,23,27)(H2,22,24,25);1H. The molecule has 1 heterocycles. The van der Waals surface area contributed by atoms with Gasteiger partial charge in [0.2, 0.25) is 0 Å². The summed E-state index contributed by atoms with van der Waals surface area (Å²) < 4.78 is 0. The summed E-state index contributed by atoms with van der Waals surface area (Å²) in [6.45, 7) is 13.8. The highest BCUT2D eigenvalue weighted by Gasteiger charge is 2.07. The Balaban J connectivity index is 0.00000729. The topological polar surface area (TPSA) is 81.6 Å². The van der Waals surface area contributed by atoms with Crippen molar-refractivity contribution in [3.05, 3.63) is 30.1 Å². The number of halogens is 1. The molecule has 0 saturated carbocycles. The van der Waals surface area contributed by atoms with E-state index < -0.39 is 0 Å². The maximum atomic E-state index is 12.0. The Hall–Kier alpha value is -1.42. The first-order valence-electron chi connectivity index (χ1n) is 10.1. The quantitative estimate of drug-likeness (QED) is 0.176. The van der Waals surface area contributed by atoms with Crippen LogP contribution in [0.1, 0.15) is 50.9 Å². The molecule has 0 aliphatic carbocycles. The van der Waals surface area contributed by atoms with E-state index in [1.807, 2.05) is 6.92 Å². The van der Waals surface area contributed by atoms with Crippen LogP contribution in [0.3, 0.4) is 0 Å². The molecule has 0 aliphatic heterocycles. The number of rotatable bonds is 12. The van der Waals surface area contributed by atoms with Crippen molar-refractivity contribution in [1.82, 2.24) is 25.8 Å². The summed E-state index contributed by atoms with van der Waals surface area (Å²) in [5.74, 6) is 0.671. The molecule has 3 N–H and O–H groups in total. The number of nitrogens with one attached hydrogen (secondary N) is 3. The Kier molecular flexibility index (Phi) is 15.7. The monoisotopic (exact) mass is 504 g/mol. The summed E-state index contributed by atoms with van der Waals surface area (Å²) in [6, 6.07) is 3.85. The molecule has 0 aliphatic rings. The maximum Gasteiger partial charge on any atom is 0.252 e. The van der Waals surface area contributed by atoms with Gasteiger partial charge in [0.15, 0.2) is 5.96 Å². The molecule has 1 aromatic rings. The molecule has 1 atom stereocenters. The van der Waals surface area contributed by atoms with Crippen LogP contribution in [-0.2, 0) is 0 Å². The van der Waals surface area contributed by atoms with Gasteiger partial charge in [0.05, 0.1) is 12.1 Å². The number of hydrogen-bond donors (Lipinski definition) is 3. The van der Waals surface area contributed by atoms with Gasteiger partial charge in [0.1, 0.15) is 0 Å². The third-order valence-electron chi connectivity index (χ3n) is 4.32. The lowest BCUT2D eigenvalue weighted by atomic mass is 10.2. The Morgan fingerprint density at radius 3 is 2.61 bits per heavy atom. The van der Waals surface area contributed by atoms with Gasteiger partial charge in [-0.15, -0.1) is 24.0 Å². The molecule has 7 nitrogen and oxygen atoms in total. The fourth-order valence-corrected chi connectivity index (χ4v) is 2.72. The van der Waals surface area contributed by atoms with Crippen LogP contribution < -0.4 is 16.0 Å². The van der Waals surface area contributed by atoms with Crippen molar-refractivity contribution in [2.45, 2.75) is 46.6 Å². The summed E-state index contributed by atoms with van der Waals surface area (Å²) >= 11 is 0. The van der Waals surface area contributed by atoms with Crippen LogP contribution in [-0.4, -0.2) is 67.1 Å². The van der Waals surface area contributed by atoms with Crippen LogP contribution in [0.2, 0.25) is 0 Å². The van der Waals surface area contributed by atoms with E-state index in [0.717, 1.165) is 45.0 Å². The average Bonchev–Trinajstić information content (AvgIpc) is 2.69. The zero-order valence-electron chi connectivity index (χ0n) is 17.7. The summed E-state index contributed by atoms with van der Waals surface area (Å²) in [6.07, 6.45) is 5.47. The van der Waals surface area contributed by atoms with Gasteiger partial charge in [0.25, 0.3) is 5.91 Å². The number of carbonyl (C=O) groups excluding carboxylic acids is 1. The smallest absolute Gasteiger partial charge is 0.252 e. The van der Waals surface area contributed by atoms with Crippen molar-refractivity contribution >= 4 is 35.8 Å². The van der Waals surface area contributed by atoms with Gasteiger partial charge in [-0.2, -0.15) is 0 Å². The number of amides is 1. The minimum atomic E-state index is -0.124. The highest BCUT2D eigenvalue weighted by molar-refractivity contribution is 14.0. The van der Waals surface area contributed by atoms with Gasteiger partial charge < -0.3 is 20.9 Å². The van der Waals surface area contributed by atoms with Gasteiger partial charge in [-0.05, 0) is 58.5 Å². The Bertz CT molecular complexity index is 551. The lowest BCUT2D eigenvalue weighted by molar-refractivity contribution is 0.0954. The molecule has 1 aromatic heterocycles. The second kappa shape index (κ2) is 16.5. The van der Waals surface area contributed by atoms with E-state index in [4.69, 9.17) is 0 Å². The van der Waals surface area contributed by atoms with E-state index in [0.29, 0.717) is 24.7 Å². The predicted molar refractivity (Wildman–Crippen MR) is 128 cm³/mol. The number of aromatic nitrogens is 1. The summed E-state index contributed by atoms with van der Waals surface area (Å²) in [5.41, 5.74) is 0.563. The Morgan fingerprint density at radius 2 is 2.00 bits per heavy atom. The number of aliphatic imine (C=N–C) groups is 1. The minimum Gasteiger partial charge on any atom is -0.357 e. The molecule has 8 heteroatoms. The first kappa shape index (κ1) is 26.6. The van der Waals surface area contributed by atoms with Gasteiger partial charge in [-0.25, -0.2) is 0 Å². The number of hydrogen-bond acceptors (Lipinski definition) is 4. The lowest BCUT2D eigenvalue weighted by Gasteiger charge is -2.21. The molecular weight excluding hydrogens is 467 g/mol. The van der Waals surface area contributed by atoms with Crippen molar-refractivity contribution in [3.63, 3.8) is 0 Å². The first-order chi connectivity index (χ1) is 13.1. The molecular formula is C20H37IN6O. The number of carbonyl (C=O) groups is 1. The van der Waals surface area contributed by atoms with Crippen LogP contribution in [0.4, 0.5) is 0 Å². The largest absolute Gasteiger partial charge is 0.357 e. The Morgan fingerprint density at radius 1 is 1.25 bits per heavy atom. The third-order valence-corrected chi connectivity index (χ3v) is 4.32. The molecule has 0 bridgehead atoms. The zero-order valence-corrected chi connectivity index (χ0v) is 20.0. The van der Waals surface area contributed by atoms with E-state index in [2.05, 4.69) is 51.6 Å². The molecule has 160 valence electrons. The molecule has 1 amide bonds. The molecule has 0 aromatic carbocycles. The van der Waals surface area contributed by atoms with Crippen LogP contribution in [0.25, 0.3) is 0 Å². The summed E-state index contributed by atoms with van der Waals surface area (Å²) in [4.78, 5) is 22.9. The Labute approximate surface area is 187 Å². The van der Waals surface area contributed by atoms with E-state index in [1.165, 1.54) is 0 Å². The molecule has 0 radical (unpaired) electrons. The first-order valence-corrected chi connectivity index (χ1v) is 10.1. The number of guanidine groups is 1. The van der Waals surface area contributed by atoms with Crippen molar-refractivity contribution < 1.29 is 4.79 Å². The van der Waals surface area contributed by atoms with E-state index in [1.54, 1.807) is 24.5 Å². The molecule has 0 saturated heterocycles. The molecule has 1 unspecified atom stereocenters. The SMILES string of the molecule is CCNC(=NCCNC(=O)c1cccnc1)NC(C)CCCN(CC)CC.I. The van der Waals surface area contributed by atoms with Gasteiger partial charge in [-0.3, -0.25) is 14.8 Å². The molecule has 1 rings (SSSR count). The van der Waals surface area contributed by atoms with Gasteiger partial charge >= 0.3 is 0 Å². The van der Waals surface area contributed by atoms with Crippen molar-refractivity contribution in [2.75, 3.05) is 39.3 Å². The minimum absolute atomic E-state index is 0. The second-order valence-corrected chi connectivity index (χ2v) is 6.47. The van der Waals surface area contributed by atoms with Gasteiger partial charge in [-0.1, -0.05) is 13.8 Å². The van der Waals surface area contributed by atoms with Crippen LogP contribution in [0.5, 0.6) is 0 Å². The number of pyridine rings is 1. The number of nitrogens with zero attached hydrogens (tertiary/aromatic N) is 3. The fraction of sp³-hybridized carbons (Fsp3) is 0.650. The van der Waals surface area contributed by atoms with E-state index >= 15 is 0 Å². The van der Waals surface area contributed by atoms with Crippen molar-refractivity contribution in [2.24, 2.45) is 4.99 Å².